The second-order valence-corrected chi connectivity index (χ2v) is 7.67. The number of rotatable bonds is 4. The molecule has 2 aliphatic rings. The molecule has 2 bridgehead atoms. The summed E-state index contributed by atoms with van der Waals surface area (Å²) in [6.45, 7) is 0. The van der Waals surface area contributed by atoms with Gasteiger partial charge in [0, 0.05) is 17.0 Å². The normalized spacial score (nSPS) is 22.6. The minimum Gasteiger partial charge on any atom is -0.347 e. The Morgan fingerprint density at radius 1 is 1.27 bits per heavy atom. The third-order valence-electron chi connectivity index (χ3n) is 6.00. The van der Waals surface area contributed by atoms with Crippen LogP contribution < -0.4 is 5.32 Å². The first-order chi connectivity index (χ1) is 14.5. The molecule has 0 aliphatic carbocycles. The lowest BCUT2D eigenvalue weighted by atomic mass is 9.95. The Morgan fingerprint density at radius 2 is 2.13 bits per heavy atom. The molecule has 1 aromatic carbocycles. The lowest BCUT2D eigenvalue weighted by Crippen LogP contribution is -2.43. The Balaban J connectivity index is 1.38. The van der Waals surface area contributed by atoms with Crippen LogP contribution in [0.25, 0.3) is 16.7 Å². The van der Waals surface area contributed by atoms with Gasteiger partial charge in [0.15, 0.2) is 12.0 Å². The third kappa shape index (κ3) is 2.96. The Labute approximate surface area is 170 Å². The molecule has 7 nitrogen and oxygen atoms in total. The fraction of sp³-hybridized carbons (Fsp3) is 0.333. The van der Waals surface area contributed by atoms with E-state index in [1.807, 2.05) is 0 Å². The molecule has 0 saturated carbocycles. The van der Waals surface area contributed by atoms with E-state index >= 15 is 0 Å². The summed E-state index contributed by atoms with van der Waals surface area (Å²) in [4.78, 5) is 18.5. The zero-order valence-electron chi connectivity index (χ0n) is 15.9. The Bertz CT molecular complexity index is 1170. The number of nitriles is 1. The van der Waals surface area contributed by atoms with E-state index in [9.17, 15) is 18.8 Å². The fourth-order valence-electron chi connectivity index (χ4n) is 4.59. The Morgan fingerprint density at radius 3 is 2.90 bits per heavy atom. The van der Waals surface area contributed by atoms with Crippen LogP contribution in [-0.4, -0.2) is 43.7 Å². The van der Waals surface area contributed by atoms with E-state index in [4.69, 9.17) is 0 Å². The highest BCUT2D eigenvalue weighted by atomic mass is 19.3. The summed E-state index contributed by atoms with van der Waals surface area (Å²) in [5.41, 5.74) is 0.841. The predicted molar refractivity (Wildman–Crippen MR) is 104 cm³/mol. The maximum atomic E-state index is 13.0. The van der Waals surface area contributed by atoms with E-state index < -0.39 is 6.43 Å². The number of hydrogen-bond acceptors (Lipinski definition) is 5. The van der Waals surface area contributed by atoms with E-state index in [2.05, 4.69) is 21.6 Å². The molecule has 3 aromatic rings. The smallest absolute Gasteiger partial charge is 0.280 e. The lowest BCUT2D eigenvalue weighted by Gasteiger charge is -2.21. The van der Waals surface area contributed by atoms with E-state index in [-0.39, 0.29) is 29.7 Å². The zero-order chi connectivity index (χ0) is 20.8. The molecule has 2 saturated heterocycles. The van der Waals surface area contributed by atoms with Crippen molar-refractivity contribution >= 4 is 16.8 Å². The van der Waals surface area contributed by atoms with Crippen LogP contribution in [0.3, 0.4) is 0 Å². The van der Waals surface area contributed by atoms with Crippen molar-refractivity contribution in [3.8, 4) is 12.0 Å². The monoisotopic (exact) mass is 408 g/mol. The number of carbonyl (C=O) groups is 1. The number of carbonyl (C=O) groups excluding carboxylic acids is 1. The molecule has 9 heteroatoms. The number of halogens is 2. The van der Waals surface area contributed by atoms with E-state index in [0.717, 1.165) is 19.3 Å². The van der Waals surface area contributed by atoms with Crippen molar-refractivity contribution in [1.82, 2.24) is 25.0 Å². The van der Waals surface area contributed by atoms with Crippen LogP contribution >= 0.6 is 0 Å². The predicted octanol–water partition coefficient (Wildman–Crippen LogP) is 3.17. The summed E-state index contributed by atoms with van der Waals surface area (Å²) in [5.74, 6) is 0.0940. The van der Waals surface area contributed by atoms with Gasteiger partial charge in [-0.25, -0.2) is 18.4 Å². The quantitative estimate of drug-likeness (QED) is 0.670. The number of alkyl halides is 2. The Kier molecular flexibility index (Phi) is 4.35. The van der Waals surface area contributed by atoms with Crippen molar-refractivity contribution in [1.29, 1.82) is 5.26 Å². The van der Waals surface area contributed by atoms with Crippen LogP contribution in [0, 0.1) is 11.5 Å². The number of aromatic nitrogens is 3. The van der Waals surface area contributed by atoms with Gasteiger partial charge in [0.05, 0.1) is 23.8 Å². The molecule has 1 N–H and O–H groups in total. The van der Waals surface area contributed by atoms with Gasteiger partial charge in [-0.1, -0.05) is 6.07 Å². The van der Waals surface area contributed by atoms with E-state index in [1.165, 1.54) is 16.8 Å². The van der Waals surface area contributed by atoms with Gasteiger partial charge in [-0.15, -0.1) is 0 Å². The molecule has 0 radical (unpaired) electrons. The first-order valence-corrected chi connectivity index (χ1v) is 9.77. The van der Waals surface area contributed by atoms with Crippen molar-refractivity contribution in [3.63, 3.8) is 0 Å². The van der Waals surface area contributed by atoms with Crippen molar-refractivity contribution in [2.45, 2.75) is 43.8 Å². The van der Waals surface area contributed by atoms with Gasteiger partial charge >= 0.3 is 0 Å². The molecule has 0 unspecified atom stereocenters. The molecule has 0 spiro atoms. The molecule has 2 aromatic heterocycles. The zero-order valence-corrected chi connectivity index (χ0v) is 15.9. The standard InChI is InChI=1S/C21H18F2N6O/c22-20(23)15-2-1-3-19(26-15)29-17-6-4-12(8-13(17)10-25-29)21(30)27-16-9-14-5-7-18(16)28(14)11-24/h1-4,6,8,10,14,16,18,20H,5,7,9H2,(H,27,30)/t14-,16+,18+/m0/s1. The molecule has 5 rings (SSSR count). The number of pyridine rings is 1. The lowest BCUT2D eigenvalue weighted by molar-refractivity contribution is 0.0928. The third-order valence-corrected chi connectivity index (χ3v) is 6.00. The summed E-state index contributed by atoms with van der Waals surface area (Å²) in [6, 6.07) is 9.79. The largest absolute Gasteiger partial charge is 0.347 e. The highest BCUT2D eigenvalue weighted by molar-refractivity contribution is 5.98. The summed E-state index contributed by atoms with van der Waals surface area (Å²) in [6.07, 6.45) is 3.86. The molecular formula is C21H18F2N6O. The maximum absolute atomic E-state index is 13.0. The highest BCUT2D eigenvalue weighted by Crippen LogP contribution is 2.37. The Hall–Kier alpha value is -3.54. The molecule has 3 atom stereocenters. The number of benzene rings is 1. The van der Waals surface area contributed by atoms with E-state index in [0.29, 0.717) is 22.3 Å². The molecule has 4 heterocycles. The molecule has 1 amide bonds. The van der Waals surface area contributed by atoms with Gasteiger partial charge in [0.2, 0.25) is 0 Å². The fourth-order valence-corrected chi connectivity index (χ4v) is 4.59. The van der Waals surface area contributed by atoms with Crippen LogP contribution in [0.4, 0.5) is 8.78 Å². The topological polar surface area (TPSA) is 86.8 Å². The second kappa shape index (κ2) is 7.06. The first kappa shape index (κ1) is 18.5. The number of nitrogens with one attached hydrogen (secondary N) is 1. The number of hydrogen-bond donors (Lipinski definition) is 1. The van der Waals surface area contributed by atoms with Crippen molar-refractivity contribution < 1.29 is 13.6 Å². The van der Waals surface area contributed by atoms with Crippen LogP contribution in [-0.2, 0) is 0 Å². The van der Waals surface area contributed by atoms with Gasteiger partial charge in [-0.05, 0) is 49.6 Å². The SMILES string of the molecule is N#CN1[C@H]2CC[C@@H]1[C@H](NC(=O)c1ccc3c(cnn3-c3cccc(C(F)F)n3)c1)C2. The highest BCUT2D eigenvalue weighted by Gasteiger charge is 2.46. The minimum atomic E-state index is -2.66. The molecule has 2 aliphatic heterocycles. The van der Waals surface area contributed by atoms with Gasteiger partial charge in [-0.3, -0.25) is 4.79 Å². The molecule has 2 fully saturated rings. The van der Waals surface area contributed by atoms with E-state index in [1.54, 1.807) is 35.4 Å². The van der Waals surface area contributed by atoms with Crippen LogP contribution in [0.15, 0.2) is 42.6 Å². The molecule has 30 heavy (non-hydrogen) atoms. The van der Waals surface area contributed by atoms with Gasteiger partial charge in [-0.2, -0.15) is 10.4 Å². The van der Waals surface area contributed by atoms with Crippen molar-refractivity contribution in [3.05, 3.63) is 53.9 Å². The van der Waals surface area contributed by atoms with Gasteiger partial charge < -0.3 is 10.2 Å². The molecular weight excluding hydrogens is 390 g/mol. The average molecular weight is 408 g/mol. The molecule has 152 valence electrons. The van der Waals surface area contributed by atoms with Crippen LogP contribution in [0.2, 0.25) is 0 Å². The second-order valence-electron chi connectivity index (χ2n) is 7.67. The van der Waals surface area contributed by atoms with Crippen molar-refractivity contribution in [2.75, 3.05) is 0 Å². The van der Waals surface area contributed by atoms with Gasteiger partial charge in [0.1, 0.15) is 5.69 Å². The number of amides is 1. The van der Waals surface area contributed by atoms with Crippen LogP contribution in [0.5, 0.6) is 0 Å². The summed E-state index contributed by atoms with van der Waals surface area (Å²) < 4.78 is 27.4. The van der Waals surface area contributed by atoms with Gasteiger partial charge in [0.25, 0.3) is 12.3 Å². The van der Waals surface area contributed by atoms with Crippen LogP contribution in [0.1, 0.15) is 41.7 Å². The summed E-state index contributed by atoms with van der Waals surface area (Å²) >= 11 is 0. The average Bonchev–Trinajstić information content (AvgIpc) is 3.45. The summed E-state index contributed by atoms with van der Waals surface area (Å²) in [7, 11) is 0. The minimum absolute atomic E-state index is 0.0318. The first-order valence-electron chi connectivity index (χ1n) is 9.77. The van der Waals surface area contributed by atoms with Crippen molar-refractivity contribution in [2.24, 2.45) is 0 Å². The number of nitrogens with zero attached hydrogens (tertiary/aromatic N) is 5. The maximum Gasteiger partial charge on any atom is 0.280 e. The summed E-state index contributed by atoms with van der Waals surface area (Å²) in [5, 5.41) is 17.3. The number of fused-ring (bicyclic) bond motifs is 3.